The van der Waals surface area contributed by atoms with Crippen LogP contribution >= 0.6 is 0 Å². The Morgan fingerprint density at radius 3 is 1.88 bits per heavy atom. The van der Waals surface area contributed by atoms with E-state index in [4.69, 9.17) is 9.84 Å². The summed E-state index contributed by atoms with van der Waals surface area (Å²) in [5, 5.41) is 11.2. The SMILES string of the molecule is CC(C)(C)/C=C(\NC(=O)OC(C)(C)C)C(=O)O. The molecule has 0 saturated carbocycles. The minimum atomic E-state index is -1.19. The van der Waals surface area contributed by atoms with Crippen molar-refractivity contribution in [3.8, 4) is 0 Å². The Morgan fingerprint density at radius 1 is 1.12 bits per heavy atom. The zero-order valence-corrected chi connectivity index (χ0v) is 11.2. The summed E-state index contributed by atoms with van der Waals surface area (Å²) in [5.74, 6) is -1.19. The van der Waals surface area contributed by atoms with Crippen molar-refractivity contribution in [3.63, 3.8) is 0 Å². The van der Waals surface area contributed by atoms with Crippen LogP contribution < -0.4 is 5.32 Å². The van der Waals surface area contributed by atoms with Crippen molar-refractivity contribution < 1.29 is 19.4 Å². The van der Waals surface area contributed by atoms with E-state index in [1.807, 2.05) is 20.8 Å². The molecule has 5 nitrogen and oxygen atoms in total. The maximum absolute atomic E-state index is 11.4. The summed E-state index contributed by atoms with van der Waals surface area (Å²) < 4.78 is 4.98. The largest absolute Gasteiger partial charge is 0.477 e. The first-order valence-corrected chi connectivity index (χ1v) is 5.37. The summed E-state index contributed by atoms with van der Waals surface area (Å²) >= 11 is 0. The fraction of sp³-hybridized carbons (Fsp3) is 0.667. The number of carbonyl (C=O) groups excluding carboxylic acids is 1. The van der Waals surface area contributed by atoms with Gasteiger partial charge < -0.3 is 9.84 Å². The van der Waals surface area contributed by atoms with Crippen LogP contribution in [0.25, 0.3) is 0 Å². The maximum atomic E-state index is 11.4. The third-order valence-corrected chi connectivity index (χ3v) is 1.44. The van der Waals surface area contributed by atoms with E-state index in [0.29, 0.717) is 0 Å². The molecule has 0 atom stereocenters. The minimum Gasteiger partial charge on any atom is -0.477 e. The zero-order valence-electron chi connectivity index (χ0n) is 11.2. The van der Waals surface area contributed by atoms with Crippen LogP contribution in [-0.2, 0) is 9.53 Å². The number of nitrogens with one attached hydrogen (secondary N) is 1. The molecule has 0 fully saturated rings. The van der Waals surface area contributed by atoms with Crippen molar-refractivity contribution in [2.75, 3.05) is 0 Å². The lowest BCUT2D eigenvalue weighted by molar-refractivity contribution is -0.133. The van der Waals surface area contributed by atoms with Crippen LogP contribution in [-0.4, -0.2) is 22.8 Å². The molecule has 0 radical (unpaired) electrons. The van der Waals surface area contributed by atoms with Crippen LogP contribution in [0.1, 0.15) is 41.5 Å². The second kappa shape index (κ2) is 5.21. The van der Waals surface area contributed by atoms with E-state index in [2.05, 4.69) is 5.32 Å². The van der Waals surface area contributed by atoms with Gasteiger partial charge in [0.25, 0.3) is 0 Å². The van der Waals surface area contributed by atoms with Gasteiger partial charge in [-0.2, -0.15) is 0 Å². The monoisotopic (exact) mass is 243 g/mol. The van der Waals surface area contributed by atoms with Crippen molar-refractivity contribution in [2.45, 2.75) is 47.1 Å². The molecule has 0 saturated heterocycles. The van der Waals surface area contributed by atoms with E-state index in [1.54, 1.807) is 20.8 Å². The topological polar surface area (TPSA) is 75.6 Å². The van der Waals surface area contributed by atoms with E-state index >= 15 is 0 Å². The molecule has 0 aliphatic heterocycles. The van der Waals surface area contributed by atoms with Crippen molar-refractivity contribution >= 4 is 12.1 Å². The molecule has 0 aromatic rings. The Bertz CT molecular complexity index is 331. The molecule has 0 bridgehead atoms. The van der Waals surface area contributed by atoms with Gasteiger partial charge in [-0.25, -0.2) is 9.59 Å². The van der Waals surface area contributed by atoms with E-state index in [-0.39, 0.29) is 11.1 Å². The number of hydrogen-bond acceptors (Lipinski definition) is 3. The van der Waals surface area contributed by atoms with Crippen molar-refractivity contribution in [3.05, 3.63) is 11.8 Å². The summed E-state index contributed by atoms with van der Waals surface area (Å²) in [7, 11) is 0. The van der Waals surface area contributed by atoms with Crippen LogP contribution in [0.4, 0.5) is 4.79 Å². The third kappa shape index (κ3) is 8.30. The first-order valence-electron chi connectivity index (χ1n) is 5.37. The van der Waals surface area contributed by atoms with Gasteiger partial charge >= 0.3 is 12.1 Å². The summed E-state index contributed by atoms with van der Waals surface area (Å²) in [6.07, 6.45) is 0.703. The smallest absolute Gasteiger partial charge is 0.412 e. The molecule has 0 spiro atoms. The molecule has 0 aliphatic carbocycles. The Balaban J connectivity index is 4.76. The van der Waals surface area contributed by atoms with Gasteiger partial charge in [-0.05, 0) is 32.3 Å². The number of carboxylic acids is 1. The molecule has 0 unspecified atom stereocenters. The second-order valence-electron chi connectivity index (χ2n) is 5.86. The highest BCUT2D eigenvalue weighted by Gasteiger charge is 2.20. The summed E-state index contributed by atoms with van der Waals surface area (Å²) in [6, 6.07) is 0. The van der Waals surface area contributed by atoms with Crippen LogP contribution in [0, 0.1) is 5.41 Å². The Labute approximate surface area is 102 Å². The molecule has 0 aromatic carbocycles. The van der Waals surface area contributed by atoms with Gasteiger partial charge in [0.1, 0.15) is 11.3 Å². The number of allylic oxidation sites excluding steroid dienone is 1. The number of aliphatic carboxylic acids is 1. The summed E-state index contributed by atoms with van der Waals surface area (Å²) in [6.45, 7) is 10.6. The average molecular weight is 243 g/mol. The van der Waals surface area contributed by atoms with Crippen LogP contribution in [0.2, 0.25) is 0 Å². The van der Waals surface area contributed by atoms with E-state index in [9.17, 15) is 9.59 Å². The van der Waals surface area contributed by atoms with Gasteiger partial charge in [-0.3, -0.25) is 5.32 Å². The molecule has 0 aromatic heterocycles. The lowest BCUT2D eigenvalue weighted by Gasteiger charge is -2.20. The van der Waals surface area contributed by atoms with E-state index in [1.165, 1.54) is 6.08 Å². The number of carbonyl (C=O) groups is 2. The molecular formula is C12H21NO4. The van der Waals surface area contributed by atoms with E-state index < -0.39 is 17.7 Å². The number of rotatable bonds is 2. The van der Waals surface area contributed by atoms with Crippen LogP contribution in [0.15, 0.2) is 11.8 Å². The predicted octanol–water partition coefficient (Wildman–Crippen LogP) is 2.53. The van der Waals surface area contributed by atoms with Gasteiger partial charge in [0, 0.05) is 0 Å². The van der Waals surface area contributed by atoms with Gasteiger partial charge in [-0.15, -0.1) is 0 Å². The number of amides is 1. The molecule has 98 valence electrons. The number of alkyl carbamates (subject to hydrolysis) is 1. The molecular weight excluding hydrogens is 222 g/mol. The quantitative estimate of drug-likeness (QED) is 0.731. The second-order valence-corrected chi connectivity index (χ2v) is 5.86. The van der Waals surface area contributed by atoms with Gasteiger partial charge in [-0.1, -0.05) is 20.8 Å². The van der Waals surface area contributed by atoms with Gasteiger partial charge in [0.2, 0.25) is 0 Å². The molecule has 0 rings (SSSR count). The standard InChI is InChI=1S/C12H21NO4/c1-11(2,3)7-8(9(14)15)13-10(16)17-12(4,5)6/h7H,1-6H3,(H,13,16)(H,14,15)/b8-7-. The van der Waals surface area contributed by atoms with E-state index in [0.717, 1.165) is 0 Å². The molecule has 0 aliphatic rings. The lowest BCUT2D eigenvalue weighted by Crippen LogP contribution is -2.34. The Hall–Kier alpha value is -1.52. The highest BCUT2D eigenvalue weighted by molar-refractivity contribution is 5.90. The van der Waals surface area contributed by atoms with Gasteiger partial charge in [0.05, 0.1) is 0 Å². The van der Waals surface area contributed by atoms with Crippen molar-refractivity contribution in [2.24, 2.45) is 5.41 Å². The molecule has 17 heavy (non-hydrogen) atoms. The fourth-order valence-corrected chi connectivity index (χ4v) is 0.998. The highest BCUT2D eigenvalue weighted by Crippen LogP contribution is 2.17. The first-order chi connectivity index (χ1) is 7.41. The van der Waals surface area contributed by atoms with Crippen molar-refractivity contribution in [1.29, 1.82) is 0 Å². The third-order valence-electron chi connectivity index (χ3n) is 1.44. The first kappa shape index (κ1) is 15.5. The maximum Gasteiger partial charge on any atom is 0.412 e. The summed E-state index contributed by atoms with van der Waals surface area (Å²) in [5.41, 5.74) is -1.18. The highest BCUT2D eigenvalue weighted by atomic mass is 16.6. The molecule has 1 amide bonds. The van der Waals surface area contributed by atoms with Crippen LogP contribution in [0.3, 0.4) is 0 Å². The number of carboxylic acid groups (broad SMARTS) is 1. The summed E-state index contributed by atoms with van der Waals surface area (Å²) in [4.78, 5) is 22.4. The molecule has 2 N–H and O–H groups in total. The van der Waals surface area contributed by atoms with Crippen LogP contribution in [0.5, 0.6) is 0 Å². The minimum absolute atomic E-state index is 0.174. The number of hydrogen-bond donors (Lipinski definition) is 2. The van der Waals surface area contributed by atoms with Crippen molar-refractivity contribution in [1.82, 2.24) is 5.32 Å². The lowest BCUT2D eigenvalue weighted by atomic mass is 9.95. The number of ether oxygens (including phenoxy) is 1. The fourth-order valence-electron chi connectivity index (χ4n) is 0.998. The molecule has 0 heterocycles. The molecule has 5 heteroatoms. The zero-order chi connectivity index (χ0) is 13.9. The Morgan fingerprint density at radius 2 is 1.59 bits per heavy atom. The normalized spacial score (nSPS) is 13.2. The van der Waals surface area contributed by atoms with Gasteiger partial charge in [0.15, 0.2) is 0 Å². The average Bonchev–Trinajstić information content (AvgIpc) is 1.95. The predicted molar refractivity (Wildman–Crippen MR) is 64.5 cm³/mol. The Kier molecular flexibility index (Phi) is 4.74.